The minimum Gasteiger partial charge on any atom is -0.493 e. The first-order valence-corrected chi connectivity index (χ1v) is 7.98. The van der Waals surface area contributed by atoms with E-state index in [0.29, 0.717) is 22.1 Å². The average Bonchev–Trinajstić information content (AvgIpc) is 2.59. The van der Waals surface area contributed by atoms with Gasteiger partial charge >= 0.3 is 5.97 Å². The van der Waals surface area contributed by atoms with Crippen molar-refractivity contribution in [3.8, 4) is 11.5 Å². The largest absolute Gasteiger partial charge is 0.493 e. The van der Waals surface area contributed by atoms with Gasteiger partial charge in [0.05, 0.1) is 7.11 Å². The highest BCUT2D eigenvalue weighted by Gasteiger charge is 2.14. The molecule has 0 aliphatic carbocycles. The van der Waals surface area contributed by atoms with Crippen molar-refractivity contribution in [2.45, 2.75) is 26.1 Å². The number of carboxylic acids is 1. The molecule has 0 aromatic heterocycles. The fourth-order valence-electron chi connectivity index (χ4n) is 2.08. The summed E-state index contributed by atoms with van der Waals surface area (Å²) in [6.07, 6.45) is 0. The molecule has 5 nitrogen and oxygen atoms in total. The van der Waals surface area contributed by atoms with Gasteiger partial charge in [0, 0.05) is 17.6 Å². The Morgan fingerprint density at radius 2 is 1.96 bits per heavy atom. The molecule has 0 saturated carbocycles. The van der Waals surface area contributed by atoms with E-state index in [1.165, 1.54) is 19.2 Å². The maximum Gasteiger partial charge on any atom is 0.320 e. The zero-order valence-corrected chi connectivity index (χ0v) is 14.6. The van der Waals surface area contributed by atoms with Crippen LogP contribution in [0.1, 0.15) is 18.1 Å². The molecule has 7 heteroatoms. The van der Waals surface area contributed by atoms with Crippen LogP contribution in [0.25, 0.3) is 0 Å². The van der Waals surface area contributed by atoms with E-state index in [9.17, 15) is 9.18 Å². The van der Waals surface area contributed by atoms with Gasteiger partial charge in [0.15, 0.2) is 11.5 Å². The van der Waals surface area contributed by atoms with Crippen molar-refractivity contribution in [3.63, 3.8) is 0 Å². The van der Waals surface area contributed by atoms with Crippen LogP contribution < -0.4 is 14.8 Å². The van der Waals surface area contributed by atoms with Gasteiger partial charge in [-0.1, -0.05) is 23.7 Å². The average molecular weight is 368 g/mol. The van der Waals surface area contributed by atoms with Crippen LogP contribution in [0.5, 0.6) is 11.5 Å². The van der Waals surface area contributed by atoms with Gasteiger partial charge in [0.1, 0.15) is 18.5 Å². The second-order valence-corrected chi connectivity index (χ2v) is 5.86. The number of carboxylic acid groups (broad SMARTS) is 1. The molecule has 1 atom stereocenters. The molecule has 0 fully saturated rings. The van der Waals surface area contributed by atoms with E-state index in [4.69, 9.17) is 26.2 Å². The van der Waals surface area contributed by atoms with Crippen molar-refractivity contribution < 1.29 is 23.8 Å². The number of ether oxygens (including phenoxy) is 2. The van der Waals surface area contributed by atoms with E-state index in [1.807, 2.05) is 0 Å². The molecule has 0 saturated heterocycles. The monoisotopic (exact) mass is 367 g/mol. The minimum atomic E-state index is -0.942. The summed E-state index contributed by atoms with van der Waals surface area (Å²) in [4.78, 5) is 10.9. The molecular weight excluding hydrogens is 349 g/mol. The van der Waals surface area contributed by atoms with Crippen LogP contribution in [-0.2, 0) is 17.9 Å². The number of carbonyl (C=O) groups is 1. The highest BCUT2D eigenvalue weighted by atomic mass is 35.5. The summed E-state index contributed by atoms with van der Waals surface area (Å²) in [5, 5.41) is 12.2. The molecular formula is C18H19ClFNO4. The standard InChI is InChI=1S/C18H19ClFNO4/c1-11(18(22)23)21-9-13-7-16(24-2)17(8-15(13)19)25-10-12-3-5-14(20)6-4-12/h3-8,11,21H,9-10H2,1-2H3,(H,22,23). The molecule has 2 rings (SSSR count). The maximum absolute atomic E-state index is 12.9. The van der Waals surface area contributed by atoms with Crippen molar-refractivity contribution >= 4 is 17.6 Å². The molecule has 0 heterocycles. The first kappa shape index (κ1) is 19.0. The molecule has 0 bridgehead atoms. The van der Waals surface area contributed by atoms with E-state index in [2.05, 4.69) is 5.32 Å². The highest BCUT2D eigenvalue weighted by molar-refractivity contribution is 6.31. The Kier molecular flexibility index (Phi) is 6.61. The van der Waals surface area contributed by atoms with Crippen LogP contribution in [0, 0.1) is 5.82 Å². The number of benzene rings is 2. The second kappa shape index (κ2) is 8.69. The zero-order chi connectivity index (χ0) is 18.4. The summed E-state index contributed by atoms with van der Waals surface area (Å²) >= 11 is 6.25. The molecule has 0 aliphatic heterocycles. The fraction of sp³-hybridized carbons (Fsp3) is 0.278. The Bertz CT molecular complexity index is 737. The Balaban J connectivity index is 2.09. The number of hydrogen-bond acceptors (Lipinski definition) is 4. The Morgan fingerprint density at radius 1 is 1.28 bits per heavy atom. The summed E-state index contributed by atoms with van der Waals surface area (Å²) in [5.74, 6) is -0.322. The number of methoxy groups -OCH3 is 1. The summed E-state index contributed by atoms with van der Waals surface area (Å²) in [6.45, 7) is 2.06. The number of rotatable bonds is 8. The Labute approximate surface area is 150 Å². The Hall–Kier alpha value is -2.31. The molecule has 25 heavy (non-hydrogen) atoms. The molecule has 0 aliphatic rings. The number of aliphatic carboxylic acids is 1. The minimum absolute atomic E-state index is 0.237. The molecule has 0 radical (unpaired) electrons. The first-order chi connectivity index (χ1) is 11.9. The van der Waals surface area contributed by atoms with Crippen molar-refractivity contribution in [3.05, 3.63) is 58.4 Å². The van der Waals surface area contributed by atoms with Crippen molar-refractivity contribution in [2.24, 2.45) is 0 Å². The lowest BCUT2D eigenvalue weighted by atomic mass is 10.1. The van der Waals surface area contributed by atoms with Crippen LogP contribution in [-0.4, -0.2) is 24.2 Å². The van der Waals surface area contributed by atoms with Crippen molar-refractivity contribution in [1.82, 2.24) is 5.32 Å². The summed E-state index contributed by atoms with van der Waals surface area (Å²) < 4.78 is 23.9. The lowest BCUT2D eigenvalue weighted by Gasteiger charge is -2.15. The maximum atomic E-state index is 12.9. The van der Waals surface area contributed by atoms with E-state index >= 15 is 0 Å². The molecule has 2 aromatic rings. The fourth-order valence-corrected chi connectivity index (χ4v) is 2.30. The Morgan fingerprint density at radius 3 is 2.56 bits per heavy atom. The lowest BCUT2D eigenvalue weighted by molar-refractivity contribution is -0.139. The molecule has 0 spiro atoms. The predicted molar refractivity (Wildman–Crippen MR) is 92.7 cm³/mol. The van der Waals surface area contributed by atoms with Crippen molar-refractivity contribution in [2.75, 3.05) is 7.11 Å². The van der Waals surface area contributed by atoms with Gasteiger partial charge in [-0.3, -0.25) is 4.79 Å². The third-order valence-corrected chi connectivity index (χ3v) is 3.96. The summed E-state index contributed by atoms with van der Waals surface area (Å²) in [5.41, 5.74) is 1.50. The van der Waals surface area contributed by atoms with Gasteiger partial charge in [-0.05, 0) is 36.2 Å². The molecule has 2 N–H and O–H groups in total. The van der Waals surface area contributed by atoms with Gasteiger partial charge in [-0.15, -0.1) is 0 Å². The number of hydrogen-bond donors (Lipinski definition) is 2. The SMILES string of the molecule is COc1cc(CNC(C)C(=O)O)c(Cl)cc1OCc1ccc(F)cc1. The molecule has 0 amide bonds. The van der Waals surface area contributed by atoms with Gasteiger partial charge in [0.2, 0.25) is 0 Å². The van der Waals surface area contributed by atoms with Crippen LogP contribution in [0.15, 0.2) is 36.4 Å². The van der Waals surface area contributed by atoms with Crippen LogP contribution in [0.4, 0.5) is 4.39 Å². The molecule has 2 aromatic carbocycles. The van der Waals surface area contributed by atoms with Gasteiger partial charge in [-0.2, -0.15) is 0 Å². The smallest absolute Gasteiger partial charge is 0.320 e. The predicted octanol–water partition coefficient (Wildman–Crippen LogP) is 3.63. The molecule has 1 unspecified atom stereocenters. The summed E-state index contributed by atoms with van der Waals surface area (Å²) in [7, 11) is 1.51. The van der Waals surface area contributed by atoms with E-state index in [0.717, 1.165) is 5.56 Å². The lowest BCUT2D eigenvalue weighted by Crippen LogP contribution is -2.33. The highest BCUT2D eigenvalue weighted by Crippen LogP contribution is 2.34. The van der Waals surface area contributed by atoms with E-state index in [1.54, 1.807) is 31.2 Å². The third-order valence-electron chi connectivity index (χ3n) is 3.61. The first-order valence-electron chi connectivity index (χ1n) is 7.60. The van der Waals surface area contributed by atoms with Gasteiger partial charge in [-0.25, -0.2) is 4.39 Å². The van der Waals surface area contributed by atoms with Gasteiger partial charge in [0.25, 0.3) is 0 Å². The van der Waals surface area contributed by atoms with Gasteiger partial charge < -0.3 is 19.9 Å². The zero-order valence-electron chi connectivity index (χ0n) is 13.9. The van der Waals surface area contributed by atoms with Crippen molar-refractivity contribution in [1.29, 1.82) is 0 Å². The quantitative estimate of drug-likeness (QED) is 0.745. The van der Waals surface area contributed by atoms with Crippen LogP contribution in [0.2, 0.25) is 5.02 Å². The van der Waals surface area contributed by atoms with E-state index in [-0.39, 0.29) is 19.0 Å². The number of nitrogens with one attached hydrogen (secondary N) is 1. The molecule has 134 valence electrons. The second-order valence-electron chi connectivity index (χ2n) is 5.45. The van der Waals surface area contributed by atoms with Crippen LogP contribution in [0.3, 0.4) is 0 Å². The van der Waals surface area contributed by atoms with Crippen LogP contribution >= 0.6 is 11.6 Å². The topological polar surface area (TPSA) is 67.8 Å². The van der Waals surface area contributed by atoms with E-state index < -0.39 is 12.0 Å². The normalized spacial score (nSPS) is 11.8. The summed E-state index contributed by atoms with van der Waals surface area (Å²) in [6, 6.07) is 8.61. The third kappa shape index (κ3) is 5.34. The number of halogens is 2.